The van der Waals surface area contributed by atoms with Gasteiger partial charge < -0.3 is 9.80 Å². The lowest BCUT2D eigenvalue weighted by atomic mass is 9.71. The lowest BCUT2D eigenvalue weighted by molar-refractivity contribution is -0.132. The molecule has 0 radical (unpaired) electrons. The third kappa shape index (κ3) is 3.50. The normalized spacial score (nSPS) is 29.0. The molecule has 1 aliphatic carbocycles. The van der Waals surface area contributed by atoms with E-state index in [4.69, 9.17) is 0 Å². The summed E-state index contributed by atoms with van der Waals surface area (Å²) in [6.07, 6.45) is 7.47. The van der Waals surface area contributed by atoms with Crippen LogP contribution in [0.25, 0.3) is 0 Å². The Bertz CT molecular complexity index is 1020. The molecule has 3 aliphatic rings. The summed E-state index contributed by atoms with van der Waals surface area (Å²) in [4.78, 5) is 34.7. The first-order valence-electron chi connectivity index (χ1n) is 11.7. The predicted octanol–water partition coefficient (Wildman–Crippen LogP) is 4.21. The van der Waals surface area contributed by atoms with Gasteiger partial charge in [-0.3, -0.25) is 14.6 Å². The van der Waals surface area contributed by atoms with Crippen LogP contribution >= 0.6 is 0 Å². The number of pyridine rings is 1. The largest absolute Gasteiger partial charge is 0.335 e. The zero-order valence-electron chi connectivity index (χ0n) is 18.8. The highest BCUT2D eigenvalue weighted by Crippen LogP contribution is 2.53. The molecular weight excluding hydrogens is 405 g/mol. The summed E-state index contributed by atoms with van der Waals surface area (Å²) in [5.74, 6) is -0.112. The molecule has 0 spiro atoms. The Morgan fingerprint density at radius 2 is 1.81 bits per heavy atom. The topological polar surface area (TPSA) is 53.5 Å². The van der Waals surface area contributed by atoms with Gasteiger partial charge in [0.15, 0.2) is 0 Å². The van der Waals surface area contributed by atoms with Crippen LogP contribution in [0.1, 0.15) is 67.6 Å². The van der Waals surface area contributed by atoms with Gasteiger partial charge in [-0.1, -0.05) is 31.9 Å². The second-order valence-corrected chi connectivity index (χ2v) is 9.91. The van der Waals surface area contributed by atoms with Crippen LogP contribution in [-0.2, 0) is 11.2 Å². The lowest BCUT2D eigenvalue weighted by Gasteiger charge is -2.46. The molecule has 168 valence electrons. The van der Waals surface area contributed by atoms with Gasteiger partial charge in [0.1, 0.15) is 5.82 Å². The number of likely N-dealkylation sites (tertiary alicyclic amines) is 2. The van der Waals surface area contributed by atoms with Crippen LogP contribution in [0, 0.1) is 11.2 Å². The predicted molar refractivity (Wildman–Crippen MR) is 120 cm³/mol. The lowest BCUT2D eigenvalue weighted by Crippen LogP contribution is -2.55. The molecule has 3 fully saturated rings. The number of amides is 2. The number of nitrogens with zero attached hydrogens (tertiary/aromatic N) is 3. The first-order valence-corrected chi connectivity index (χ1v) is 11.7. The Balaban J connectivity index is 1.38. The SMILES string of the molecule is CC(=O)N1[C@@H]2CN(C(=O)c3ccc(Cc4ccc(F)cc4)nc3)[C@@H]3CCCC[C@H]1[C@]3(C)C2. The number of carbonyl (C=O) groups is 2. The number of piperidine rings is 1. The highest BCUT2D eigenvalue weighted by Gasteiger charge is 2.60. The van der Waals surface area contributed by atoms with Crippen molar-refractivity contribution in [1.29, 1.82) is 0 Å². The van der Waals surface area contributed by atoms with Crippen molar-refractivity contribution < 1.29 is 14.0 Å². The molecule has 0 N–H and O–H groups in total. The van der Waals surface area contributed by atoms with Crippen LogP contribution < -0.4 is 0 Å². The second-order valence-electron chi connectivity index (χ2n) is 9.91. The smallest absolute Gasteiger partial charge is 0.255 e. The Kier molecular flexibility index (Phi) is 5.26. The van der Waals surface area contributed by atoms with Gasteiger partial charge in [0, 0.05) is 49.3 Å². The number of hydrogen-bond acceptors (Lipinski definition) is 3. The van der Waals surface area contributed by atoms with Gasteiger partial charge in [0.25, 0.3) is 5.91 Å². The minimum atomic E-state index is -0.254. The van der Waals surface area contributed by atoms with Crippen molar-refractivity contribution in [2.45, 2.75) is 70.5 Å². The summed E-state index contributed by atoms with van der Waals surface area (Å²) >= 11 is 0. The summed E-state index contributed by atoms with van der Waals surface area (Å²) in [7, 11) is 0. The van der Waals surface area contributed by atoms with E-state index in [1.165, 1.54) is 12.1 Å². The Labute approximate surface area is 188 Å². The Morgan fingerprint density at radius 3 is 2.47 bits per heavy atom. The van der Waals surface area contributed by atoms with Crippen molar-refractivity contribution in [1.82, 2.24) is 14.8 Å². The van der Waals surface area contributed by atoms with Gasteiger partial charge in [0.2, 0.25) is 5.91 Å². The number of benzene rings is 1. The van der Waals surface area contributed by atoms with Crippen molar-refractivity contribution in [3.63, 3.8) is 0 Å². The number of rotatable bonds is 3. The molecule has 3 heterocycles. The molecule has 6 heteroatoms. The van der Waals surface area contributed by atoms with Gasteiger partial charge in [-0.2, -0.15) is 0 Å². The quantitative estimate of drug-likeness (QED) is 0.726. The summed E-state index contributed by atoms with van der Waals surface area (Å²) < 4.78 is 13.1. The molecule has 5 rings (SSSR count). The molecule has 4 atom stereocenters. The molecule has 2 aromatic rings. The zero-order chi connectivity index (χ0) is 22.5. The van der Waals surface area contributed by atoms with Crippen LogP contribution in [0.3, 0.4) is 0 Å². The van der Waals surface area contributed by atoms with Crippen molar-refractivity contribution in [3.8, 4) is 0 Å². The fraction of sp³-hybridized carbons (Fsp3) is 0.500. The molecular formula is C26H30FN3O2. The molecule has 2 saturated heterocycles. The van der Waals surface area contributed by atoms with Crippen LogP contribution in [0.15, 0.2) is 42.6 Å². The highest BCUT2D eigenvalue weighted by molar-refractivity contribution is 5.94. The van der Waals surface area contributed by atoms with E-state index in [0.29, 0.717) is 18.5 Å². The molecule has 2 aliphatic heterocycles. The molecule has 1 saturated carbocycles. The van der Waals surface area contributed by atoms with Gasteiger partial charge in [-0.15, -0.1) is 0 Å². The molecule has 2 bridgehead atoms. The summed E-state index contributed by atoms with van der Waals surface area (Å²) in [6.45, 7) is 4.56. The molecule has 32 heavy (non-hydrogen) atoms. The van der Waals surface area contributed by atoms with E-state index in [9.17, 15) is 14.0 Å². The molecule has 5 nitrogen and oxygen atoms in total. The van der Waals surface area contributed by atoms with E-state index in [2.05, 4.69) is 16.8 Å². The minimum Gasteiger partial charge on any atom is -0.335 e. The average Bonchev–Trinajstić information content (AvgIpc) is 2.89. The number of fused-ring (bicyclic) bond motifs is 1. The first kappa shape index (κ1) is 21.1. The monoisotopic (exact) mass is 435 g/mol. The number of aromatic nitrogens is 1. The van der Waals surface area contributed by atoms with Gasteiger partial charge >= 0.3 is 0 Å². The highest BCUT2D eigenvalue weighted by atomic mass is 19.1. The van der Waals surface area contributed by atoms with Crippen molar-refractivity contribution in [3.05, 3.63) is 65.2 Å². The van der Waals surface area contributed by atoms with E-state index in [1.807, 2.05) is 17.0 Å². The van der Waals surface area contributed by atoms with Gasteiger partial charge in [-0.05, 0) is 49.1 Å². The molecule has 2 amide bonds. The third-order valence-corrected chi connectivity index (χ3v) is 7.91. The first-order chi connectivity index (χ1) is 15.4. The molecule has 0 unspecified atom stereocenters. The fourth-order valence-corrected chi connectivity index (χ4v) is 6.50. The number of hydrogen-bond donors (Lipinski definition) is 0. The van der Waals surface area contributed by atoms with Crippen molar-refractivity contribution >= 4 is 11.8 Å². The molecule has 1 aromatic carbocycles. The van der Waals surface area contributed by atoms with Crippen LogP contribution in [-0.4, -0.2) is 51.3 Å². The van der Waals surface area contributed by atoms with Crippen molar-refractivity contribution in [2.24, 2.45) is 5.41 Å². The maximum absolute atomic E-state index is 13.6. The van der Waals surface area contributed by atoms with Gasteiger partial charge in [0.05, 0.1) is 11.6 Å². The Morgan fingerprint density at radius 1 is 1.09 bits per heavy atom. The van der Waals surface area contributed by atoms with Crippen LogP contribution in [0.4, 0.5) is 4.39 Å². The van der Waals surface area contributed by atoms with E-state index in [0.717, 1.165) is 43.4 Å². The summed E-state index contributed by atoms with van der Waals surface area (Å²) in [6, 6.07) is 10.6. The maximum Gasteiger partial charge on any atom is 0.255 e. The summed E-state index contributed by atoms with van der Waals surface area (Å²) in [5, 5.41) is 0. The van der Waals surface area contributed by atoms with E-state index >= 15 is 0 Å². The molecule has 1 aromatic heterocycles. The maximum atomic E-state index is 13.6. The van der Waals surface area contributed by atoms with Gasteiger partial charge in [-0.25, -0.2) is 4.39 Å². The van der Waals surface area contributed by atoms with E-state index in [-0.39, 0.29) is 41.2 Å². The van der Waals surface area contributed by atoms with E-state index in [1.54, 1.807) is 25.3 Å². The van der Waals surface area contributed by atoms with Crippen molar-refractivity contribution in [2.75, 3.05) is 6.54 Å². The zero-order valence-corrected chi connectivity index (χ0v) is 18.8. The Hall–Kier alpha value is -2.76. The average molecular weight is 436 g/mol. The van der Waals surface area contributed by atoms with E-state index < -0.39 is 0 Å². The minimum absolute atomic E-state index is 0.0119. The second kappa shape index (κ2) is 7.98. The number of carbonyl (C=O) groups excluding carboxylic acids is 2. The number of halogens is 1. The standard InChI is InChI=1S/C26H30FN3O2/c1-17(31)30-22-14-26(2)23(5-3-4-6-24(26)30)29(16-22)25(32)19-9-12-21(28-15-19)13-18-7-10-20(27)11-8-18/h7-12,15,22-24H,3-6,13-14,16H2,1-2H3/t22-,23+,24-,26+/m0/s1. The summed E-state index contributed by atoms with van der Waals surface area (Å²) in [5.41, 5.74) is 2.37. The fourth-order valence-electron chi connectivity index (χ4n) is 6.50. The van der Waals surface area contributed by atoms with Crippen LogP contribution in [0.5, 0.6) is 0 Å². The van der Waals surface area contributed by atoms with Crippen LogP contribution in [0.2, 0.25) is 0 Å². The third-order valence-electron chi connectivity index (χ3n) is 7.91.